The molecule has 9 nitrogen and oxygen atoms in total. The van der Waals surface area contributed by atoms with Crippen LogP contribution in [0.5, 0.6) is 11.6 Å². The molecule has 3 aromatic rings. The first-order valence-corrected chi connectivity index (χ1v) is 11.7. The van der Waals surface area contributed by atoms with Crippen molar-refractivity contribution in [2.24, 2.45) is 0 Å². The topological polar surface area (TPSA) is 117 Å². The number of hydrogen-bond acceptors (Lipinski definition) is 7. The van der Waals surface area contributed by atoms with E-state index in [2.05, 4.69) is 20.6 Å². The number of aliphatic hydroxyl groups is 1. The van der Waals surface area contributed by atoms with E-state index in [-0.39, 0.29) is 42.8 Å². The highest BCUT2D eigenvalue weighted by Crippen LogP contribution is 2.43. The third-order valence-corrected chi connectivity index (χ3v) is 6.28. The number of benzene rings is 2. The quantitative estimate of drug-likeness (QED) is 0.440. The zero-order valence-corrected chi connectivity index (χ0v) is 19.9. The first-order chi connectivity index (χ1) is 17.3. The van der Waals surface area contributed by atoms with Crippen molar-refractivity contribution in [2.75, 3.05) is 23.4 Å². The maximum Gasteiger partial charge on any atom is 0.260 e. The molecule has 2 amide bonds. The van der Waals surface area contributed by atoms with Gasteiger partial charge in [-0.2, -0.15) is 9.37 Å². The fraction of sp³-hybridized carbons (Fsp3) is 0.308. The Hall–Kier alpha value is -4.05. The van der Waals surface area contributed by atoms with Gasteiger partial charge in [-0.05, 0) is 74.7 Å². The van der Waals surface area contributed by atoms with E-state index in [9.17, 15) is 19.1 Å². The fourth-order valence-corrected chi connectivity index (χ4v) is 4.13. The second-order valence-corrected chi connectivity index (χ2v) is 9.38. The van der Waals surface area contributed by atoms with Gasteiger partial charge in [-0.15, -0.1) is 0 Å². The number of fused-ring (bicyclic) bond motifs is 1. The average molecular weight is 492 g/mol. The number of hydrogen-bond donors (Lipinski definition) is 3. The van der Waals surface area contributed by atoms with Gasteiger partial charge in [0.2, 0.25) is 17.7 Å². The number of rotatable bonds is 8. The van der Waals surface area contributed by atoms with Crippen LogP contribution >= 0.6 is 0 Å². The number of halogens is 1. The molecule has 0 atom stereocenters. The van der Waals surface area contributed by atoms with Gasteiger partial charge < -0.3 is 25.4 Å². The Morgan fingerprint density at radius 3 is 2.67 bits per heavy atom. The summed E-state index contributed by atoms with van der Waals surface area (Å²) in [4.78, 5) is 34.7. The second-order valence-electron chi connectivity index (χ2n) is 9.38. The molecule has 2 heterocycles. The maximum atomic E-state index is 14.4. The van der Waals surface area contributed by atoms with Gasteiger partial charge in [-0.3, -0.25) is 9.59 Å². The van der Waals surface area contributed by atoms with E-state index in [0.29, 0.717) is 17.0 Å². The van der Waals surface area contributed by atoms with Crippen molar-refractivity contribution in [3.63, 3.8) is 0 Å². The number of amides is 2. The lowest BCUT2D eigenvalue weighted by molar-refractivity contribution is -0.122. The van der Waals surface area contributed by atoms with Gasteiger partial charge in [0.05, 0.1) is 18.2 Å². The number of anilines is 3. The largest absolute Gasteiger partial charge is 0.436 e. The molecule has 0 saturated heterocycles. The van der Waals surface area contributed by atoms with Crippen LogP contribution in [0.3, 0.4) is 0 Å². The Balaban J connectivity index is 1.32. The van der Waals surface area contributed by atoms with Gasteiger partial charge in [0.15, 0.2) is 0 Å². The van der Waals surface area contributed by atoms with Crippen LogP contribution in [0.1, 0.15) is 42.6 Å². The van der Waals surface area contributed by atoms with Gasteiger partial charge >= 0.3 is 0 Å². The maximum absolute atomic E-state index is 14.4. The highest BCUT2D eigenvalue weighted by molar-refractivity contribution is 6.08. The van der Waals surface area contributed by atoms with Crippen molar-refractivity contribution < 1.29 is 23.8 Å². The normalized spacial score (nSPS) is 16.0. The molecule has 10 heteroatoms. The van der Waals surface area contributed by atoms with Crippen LogP contribution in [0, 0.1) is 5.82 Å². The minimum absolute atomic E-state index is 0.0894. The summed E-state index contributed by atoms with van der Waals surface area (Å²) in [7, 11) is 0. The van der Waals surface area contributed by atoms with Gasteiger partial charge in [0.25, 0.3) is 11.8 Å². The summed E-state index contributed by atoms with van der Waals surface area (Å²) in [5, 5.41) is 15.3. The Morgan fingerprint density at radius 1 is 1.22 bits per heavy atom. The SMILES string of the molecule is CC1(C)C(=O)N(CCO)c2ccc(Nc3ncc(F)c(Oc4ccc(C(=O)NC5CC5)cc4)n3)cc21. The van der Waals surface area contributed by atoms with E-state index in [1.807, 2.05) is 19.9 Å². The number of aliphatic hydroxyl groups excluding tert-OH is 1. The number of aromatic nitrogens is 2. The number of carbonyl (C=O) groups excluding carboxylic acids is 2. The van der Waals surface area contributed by atoms with E-state index >= 15 is 0 Å². The highest BCUT2D eigenvalue weighted by Gasteiger charge is 2.43. The number of nitrogens with one attached hydrogen (secondary N) is 2. The van der Waals surface area contributed by atoms with Crippen molar-refractivity contribution in [2.45, 2.75) is 38.1 Å². The molecule has 1 aromatic heterocycles. The van der Waals surface area contributed by atoms with E-state index in [0.717, 1.165) is 30.3 Å². The first kappa shape index (κ1) is 23.7. The van der Waals surface area contributed by atoms with E-state index in [1.165, 1.54) is 0 Å². The zero-order valence-electron chi connectivity index (χ0n) is 19.9. The summed E-state index contributed by atoms with van der Waals surface area (Å²) in [6.07, 6.45) is 3.01. The third-order valence-electron chi connectivity index (χ3n) is 6.28. The van der Waals surface area contributed by atoms with Crippen molar-refractivity contribution in [3.05, 3.63) is 65.6 Å². The predicted molar refractivity (Wildman–Crippen MR) is 131 cm³/mol. The summed E-state index contributed by atoms with van der Waals surface area (Å²) >= 11 is 0. The van der Waals surface area contributed by atoms with Gasteiger partial charge in [-0.25, -0.2) is 4.98 Å². The summed E-state index contributed by atoms with van der Waals surface area (Å²) in [5.74, 6) is -0.815. The smallest absolute Gasteiger partial charge is 0.260 e. The summed E-state index contributed by atoms with van der Waals surface area (Å²) in [6, 6.07) is 12.0. The first-order valence-electron chi connectivity index (χ1n) is 11.7. The summed E-state index contributed by atoms with van der Waals surface area (Å²) < 4.78 is 20.0. The van der Waals surface area contributed by atoms with Crippen LogP contribution in [0.15, 0.2) is 48.7 Å². The molecule has 0 spiro atoms. The van der Waals surface area contributed by atoms with Crippen molar-refractivity contribution in [1.29, 1.82) is 0 Å². The van der Waals surface area contributed by atoms with Crippen LogP contribution in [0.2, 0.25) is 0 Å². The standard InChI is InChI=1S/C26H26FN5O4/c1-26(2)19-13-17(7-10-21(19)32(11-12-33)24(26)35)30-25-28-14-20(27)23(31-25)36-18-8-3-15(4-9-18)22(34)29-16-5-6-16/h3-4,7-10,13-14,16,33H,5-6,11-12H2,1-2H3,(H,29,34)(H,28,30,31). The number of carbonyl (C=O) groups is 2. The third kappa shape index (κ3) is 4.59. The van der Waals surface area contributed by atoms with Crippen LogP contribution in [-0.4, -0.2) is 46.1 Å². The molecule has 2 aliphatic rings. The molecule has 1 fully saturated rings. The Kier molecular flexibility index (Phi) is 6.05. The predicted octanol–water partition coefficient (Wildman–Crippen LogP) is 3.66. The lowest BCUT2D eigenvalue weighted by Crippen LogP contribution is -2.37. The molecular weight excluding hydrogens is 465 g/mol. The minimum atomic E-state index is -0.762. The summed E-state index contributed by atoms with van der Waals surface area (Å²) in [5.41, 5.74) is 1.89. The van der Waals surface area contributed by atoms with Crippen LogP contribution < -0.4 is 20.3 Å². The van der Waals surface area contributed by atoms with E-state index in [1.54, 1.807) is 41.3 Å². The molecule has 5 rings (SSSR count). The van der Waals surface area contributed by atoms with Crippen molar-refractivity contribution >= 4 is 29.1 Å². The second kappa shape index (κ2) is 9.19. The van der Waals surface area contributed by atoms with Gasteiger partial charge in [0.1, 0.15) is 5.75 Å². The number of β-amino-alcohol motifs (C(OH)–C–C–N with tert-alkyl or cyclic N) is 1. The molecule has 0 radical (unpaired) electrons. The Morgan fingerprint density at radius 2 is 1.97 bits per heavy atom. The molecular formula is C26H26FN5O4. The Labute approximate surface area is 207 Å². The van der Waals surface area contributed by atoms with E-state index in [4.69, 9.17) is 4.74 Å². The molecule has 36 heavy (non-hydrogen) atoms. The van der Waals surface area contributed by atoms with Gasteiger partial charge in [0, 0.05) is 29.5 Å². The number of ether oxygens (including phenoxy) is 1. The molecule has 0 unspecified atom stereocenters. The zero-order chi connectivity index (χ0) is 25.4. The van der Waals surface area contributed by atoms with Crippen LogP contribution in [0.25, 0.3) is 0 Å². The molecule has 3 N–H and O–H groups in total. The van der Waals surface area contributed by atoms with E-state index < -0.39 is 11.2 Å². The summed E-state index contributed by atoms with van der Waals surface area (Å²) in [6.45, 7) is 3.74. The highest BCUT2D eigenvalue weighted by atomic mass is 19.1. The minimum Gasteiger partial charge on any atom is -0.436 e. The van der Waals surface area contributed by atoms with Crippen LogP contribution in [-0.2, 0) is 10.2 Å². The Bertz CT molecular complexity index is 1320. The average Bonchev–Trinajstić information content (AvgIpc) is 3.66. The van der Waals surface area contributed by atoms with Crippen LogP contribution in [0.4, 0.5) is 21.7 Å². The molecule has 1 aliphatic heterocycles. The monoisotopic (exact) mass is 491 g/mol. The lowest BCUT2D eigenvalue weighted by atomic mass is 9.86. The molecule has 0 bridgehead atoms. The van der Waals surface area contributed by atoms with Crippen molar-refractivity contribution in [1.82, 2.24) is 15.3 Å². The molecule has 1 saturated carbocycles. The number of nitrogens with zero attached hydrogens (tertiary/aromatic N) is 3. The fourth-order valence-electron chi connectivity index (χ4n) is 4.13. The molecule has 186 valence electrons. The van der Waals surface area contributed by atoms with Gasteiger partial charge in [-0.1, -0.05) is 0 Å². The molecule has 2 aromatic carbocycles. The molecule has 1 aliphatic carbocycles. The lowest BCUT2D eigenvalue weighted by Gasteiger charge is -2.19. The van der Waals surface area contributed by atoms with Crippen molar-refractivity contribution in [3.8, 4) is 11.6 Å².